The average Bonchev–Trinajstić information content (AvgIpc) is 2.64. The van der Waals surface area contributed by atoms with E-state index in [1.807, 2.05) is 17.0 Å². The lowest BCUT2D eigenvalue weighted by Crippen LogP contribution is -2.39. The zero-order valence-corrected chi connectivity index (χ0v) is 12.1. The Hall–Kier alpha value is 0.130. The number of likely N-dealkylation sites (tertiary alicyclic amines) is 1. The fourth-order valence-corrected chi connectivity index (χ4v) is 3.72. The van der Waals surface area contributed by atoms with Crippen LogP contribution >= 0.6 is 43.2 Å². The van der Waals surface area contributed by atoms with Gasteiger partial charge in [-0.05, 0) is 40.9 Å². The molecule has 0 aliphatic carbocycles. The van der Waals surface area contributed by atoms with E-state index < -0.39 is 0 Å². The van der Waals surface area contributed by atoms with E-state index in [1.165, 1.54) is 11.3 Å². The molecule has 0 spiro atoms. The average molecular weight is 353 g/mol. The van der Waals surface area contributed by atoms with Gasteiger partial charge in [0.05, 0.1) is 8.66 Å². The van der Waals surface area contributed by atoms with Gasteiger partial charge in [0.15, 0.2) is 0 Å². The Morgan fingerprint density at radius 1 is 1.53 bits per heavy atom. The van der Waals surface area contributed by atoms with Crippen molar-refractivity contribution in [2.24, 2.45) is 0 Å². The molecule has 1 aromatic rings. The van der Waals surface area contributed by atoms with Crippen molar-refractivity contribution in [1.82, 2.24) is 4.90 Å². The number of rotatable bonds is 1. The van der Waals surface area contributed by atoms with E-state index >= 15 is 0 Å². The van der Waals surface area contributed by atoms with Gasteiger partial charge in [-0.2, -0.15) is 0 Å². The molecule has 1 aromatic heterocycles. The number of hydrogen-bond acceptors (Lipinski definition) is 2. The van der Waals surface area contributed by atoms with Gasteiger partial charge in [-0.25, -0.2) is 0 Å². The fraction of sp³-hybridized carbons (Fsp3) is 0.500. The van der Waals surface area contributed by atoms with Crippen LogP contribution in [0.15, 0.2) is 15.9 Å². The standard InChI is InChI=1S/C10H11Br2NOS/c11-7-2-1-5-13(6-7)10(14)8-3-4-9(12)15-8/h3-4,7H,1-2,5-6H2. The van der Waals surface area contributed by atoms with Gasteiger partial charge in [-0.1, -0.05) is 15.9 Å². The third-order valence-electron chi connectivity index (χ3n) is 2.44. The van der Waals surface area contributed by atoms with Crippen LogP contribution in [-0.4, -0.2) is 28.7 Å². The molecule has 2 rings (SSSR count). The highest BCUT2D eigenvalue weighted by molar-refractivity contribution is 9.11. The van der Waals surface area contributed by atoms with E-state index in [0.29, 0.717) is 4.83 Å². The first-order valence-corrected chi connectivity index (χ1v) is 7.38. The first kappa shape index (κ1) is 11.6. The summed E-state index contributed by atoms with van der Waals surface area (Å²) in [6.45, 7) is 1.71. The lowest BCUT2D eigenvalue weighted by Gasteiger charge is -2.29. The lowest BCUT2D eigenvalue weighted by molar-refractivity contribution is 0.0735. The van der Waals surface area contributed by atoms with Crippen LogP contribution < -0.4 is 0 Å². The van der Waals surface area contributed by atoms with Crippen molar-refractivity contribution in [1.29, 1.82) is 0 Å². The normalized spacial score (nSPS) is 21.7. The summed E-state index contributed by atoms with van der Waals surface area (Å²) >= 11 is 8.45. The Kier molecular flexibility index (Phi) is 3.85. The smallest absolute Gasteiger partial charge is 0.263 e. The maximum atomic E-state index is 12.1. The van der Waals surface area contributed by atoms with E-state index in [2.05, 4.69) is 31.9 Å². The highest BCUT2D eigenvalue weighted by Gasteiger charge is 2.23. The van der Waals surface area contributed by atoms with E-state index in [-0.39, 0.29) is 5.91 Å². The Balaban J connectivity index is 2.07. The maximum Gasteiger partial charge on any atom is 0.263 e. The second-order valence-electron chi connectivity index (χ2n) is 3.59. The van der Waals surface area contributed by atoms with Crippen molar-refractivity contribution < 1.29 is 4.79 Å². The number of piperidine rings is 1. The zero-order valence-electron chi connectivity index (χ0n) is 8.08. The van der Waals surface area contributed by atoms with Crippen LogP contribution in [0.5, 0.6) is 0 Å². The van der Waals surface area contributed by atoms with Crippen LogP contribution in [-0.2, 0) is 0 Å². The number of amides is 1. The van der Waals surface area contributed by atoms with Crippen LogP contribution in [0, 0.1) is 0 Å². The van der Waals surface area contributed by atoms with E-state index in [9.17, 15) is 4.79 Å². The molecule has 1 aliphatic rings. The predicted molar refractivity (Wildman–Crippen MR) is 69.9 cm³/mol. The molecule has 15 heavy (non-hydrogen) atoms. The zero-order chi connectivity index (χ0) is 10.8. The summed E-state index contributed by atoms with van der Waals surface area (Å²) in [4.78, 5) is 15.3. The Bertz CT molecular complexity index is 366. The van der Waals surface area contributed by atoms with Crippen LogP contribution in [0.4, 0.5) is 0 Å². The van der Waals surface area contributed by atoms with E-state index in [4.69, 9.17) is 0 Å². The Morgan fingerprint density at radius 3 is 2.93 bits per heavy atom. The van der Waals surface area contributed by atoms with Crippen LogP contribution in [0.2, 0.25) is 0 Å². The van der Waals surface area contributed by atoms with Crippen molar-refractivity contribution in [3.8, 4) is 0 Å². The van der Waals surface area contributed by atoms with Gasteiger partial charge in [0.2, 0.25) is 0 Å². The summed E-state index contributed by atoms with van der Waals surface area (Å²) < 4.78 is 1.01. The molecule has 1 unspecified atom stereocenters. The molecular weight excluding hydrogens is 342 g/mol. The molecule has 1 amide bonds. The predicted octanol–water partition coefficient (Wildman–Crippen LogP) is 3.51. The number of carbonyl (C=O) groups excluding carboxylic acids is 1. The van der Waals surface area contributed by atoms with Gasteiger partial charge in [0.25, 0.3) is 5.91 Å². The number of alkyl halides is 1. The molecule has 1 aliphatic heterocycles. The monoisotopic (exact) mass is 351 g/mol. The quantitative estimate of drug-likeness (QED) is 0.708. The summed E-state index contributed by atoms with van der Waals surface area (Å²) in [6, 6.07) is 3.81. The van der Waals surface area contributed by atoms with Crippen LogP contribution in [0.25, 0.3) is 0 Å². The highest BCUT2D eigenvalue weighted by atomic mass is 79.9. The molecule has 0 N–H and O–H groups in total. The van der Waals surface area contributed by atoms with E-state index in [0.717, 1.165) is 34.6 Å². The highest BCUT2D eigenvalue weighted by Crippen LogP contribution is 2.25. The Morgan fingerprint density at radius 2 is 2.33 bits per heavy atom. The van der Waals surface area contributed by atoms with Crippen molar-refractivity contribution in [2.75, 3.05) is 13.1 Å². The van der Waals surface area contributed by atoms with Crippen molar-refractivity contribution in [3.05, 3.63) is 20.8 Å². The maximum absolute atomic E-state index is 12.1. The second kappa shape index (κ2) is 4.97. The number of hydrogen-bond donors (Lipinski definition) is 0. The van der Waals surface area contributed by atoms with E-state index in [1.54, 1.807) is 0 Å². The summed E-state index contributed by atoms with van der Waals surface area (Å²) in [5.74, 6) is 0.162. The molecule has 2 heterocycles. The molecule has 0 bridgehead atoms. The molecular formula is C10H11Br2NOS. The number of nitrogens with zero attached hydrogens (tertiary/aromatic N) is 1. The van der Waals surface area contributed by atoms with Gasteiger partial charge in [0.1, 0.15) is 0 Å². The lowest BCUT2D eigenvalue weighted by atomic mass is 10.1. The largest absolute Gasteiger partial charge is 0.337 e. The Labute approximate surface area is 110 Å². The third-order valence-corrected chi connectivity index (χ3v) is 4.79. The molecule has 0 saturated carbocycles. The van der Waals surface area contributed by atoms with Crippen molar-refractivity contribution >= 4 is 49.1 Å². The molecule has 82 valence electrons. The van der Waals surface area contributed by atoms with Gasteiger partial charge in [-0.15, -0.1) is 11.3 Å². The molecule has 1 fully saturated rings. The van der Waals surface area contributed by atoms with Crippen LogP contribution in [0.1, 0.15) is 22.5 Å². The summed E-state index contributed by atoms with van der Waals surface area (Å²) in [5, 5.41) is 0. The van der Waals surface area contributed by atoms with Crippen molar-refractivity contribution in [2.45, 2.75) is 17.7 Å². The first-order chi connectivity index (χ1) is 7.16. The van der Waals surface area contributed by atoms with Gasteiger partial charge >= 0.3 is 0 Å². The van der Waals surface area contributed by atoms with Crippen molar-refractivity contribution in [3.63, 3.8) is 0 Å². The molecule has 5 heteroatoms. The van der Waals surface area contributed by atoms with Gasteiger partial charge in [-0.3, -0.25) is 4.79 Å². The SMILES string of the molecule is O=C(c1ccc(Br)s1)N1CCCC(Br)C1. The minimum atomic E-state index is 0.162. The van der Waals surface area contributed by atoms with Gasteiger partial charge < -0.3 is 4.90 Å². The number of halogens is 2. The molecule has 2 nitrogen and oxygen atoms in total. The number of thiophene rings is 1. The fourth-order valence-electron chi connectivity index (χ4n) is 1.69. The van der Waals surface area contributed by atoms with Crippen LogP contribution in [0.3, 0.4) is 0 Å². The third kappa shape index (κ3) is 2.82. The van der Waals surface area contributed by atoms with Gasteiger partial charge in [0, 0.05) is 17.9 Å². The topological polar surface area (TPSA) is 20.3 Å². The summed E-state index contributed by atoms with van der Waals surface area (Å²) in [7, 11) is 0. The molecule has 0 radical (unpaired) electrons. The molecule has 1 saturated heterocycles. The minimum Gasteiger partial charge on any atom is -0.337 e. The molecule has 0 aromatic carbocycles. The minimum absolute atomic E-state index is 0.162. The number of carbonyl (C=O) groups is 1. The second-order valence-corrected chi connectivity index (χ2v) is 7.35. The first-order valence-electron chi connectivity index (χ1n) is 4.85. The summed E-state index contributed by atoms with van der Waals surface area (Å²) in [6.07, 6.45) is 2.26. The summed E-state index contributed by atoms with van der Waals surface area (Å²) in [5.41, 5.74) is 0. The molecule has 1 atom stereocenters.